The summed E-state index contributed by atoms with van der Waals surface area (Å²) in [7, 11) is 0. The number of hydrogen-bond donors (Lipinski definition) is 3. The van der Waals surface area contributed by atoms with Crippen molar-refractivity contribution < 1.29 is 34.3 Å². The second-order valence-corrected chi connectivity index (χ2v) is 6.31. The molecule has 2 aromatic carbocycles. The van der Waals surface area contributed by atoms with Crippen LogP contribution >= 0.6 is 0 Å². The van der Waals surface area contributed by atoms with Crippen LogP contribution in [0.3, 0.4) is 0 Å². The van der Waals surface area contributed by atoms with Crippen LogP contribution in [0.15, 0.2) is 54.6 Å². The molecular formula is C19H20O7. The first-order valence-electron chi connectivity index (χ1n) is 8.41. The lowest BCUT2D eigenvalue weighted by Crippen LogP contribution is -2.62. The third-order valence-electron chi connectivity index (χ3n) is 4.49. The van der Waals surface area contributed by atoms with Gasteiger partial charge in [-0.25, -0.2) is 0 Å². The number of aliphatic hydroxyl groups excluding tert-OH is 2. The maximum Gasteiger partial charge on any atom is 0.229 e. The average molecular weight is 360 g/mol. The Kier molecular flexibility index (Phi) is 4.80. The highest BCUT2D eigenvalue weighted by Crippen LogP contribution is 2.34. The van der Waals surface area contributed by atoms with E-state index in [4.69, 9.17) is 18.9 Å². The standard InChI is InChI=1S/C19H20O7/c20-12-6-8-13(9-7-12)24-19-16(22)15(21)17-14(25-19)10-23-18(26-17)11-4-2-1-3-5-11/h1-9,14-22H,10H2/t14-,15-,16-,17-,18?,19-/m1/s1. The first-order chi connectivity index (χ1) is 12.6. The third kappa shape index (κ3) is 3.40. The smallest absolute Gasteiger partial charge is 0.229 e. The van der Waals surface area contributed by atoms with Gasteiger partial charge in [0.2, 0.25) is 6.29 Å². The first-order valence-corrected chi connectivity index (χ1v) is 8.41. The fourth-order valence-electron chi connectivity index (χ4n) is 3.11. The molecule has 0 amide bonds. The maximum absolute atomic E-state index is 10.5. The van der Waals surface area contributed by atoms with Gasteiger partial charge in [0.25, 0.3) is 0 Å². The highest BCUT2D eigenvalue weighted by molar-refractivity contribution is 5.30. The Morgan fingerprint density at radius 2 is 1.62 bits per heavy atom. The molecule has 0 saturated carbocycles. The van der Waals surface area contributed by atoms with Crippen LogP contribution in [0.25, 0.3) is 0 Å². The zero-order valence-electron chi connectivity index (χ0n) is 13.8. The molecule has 2 fully saturated rings. The van der Waals surface area contributed by atoms with Gasteiger partial charge in [0.1, 0.15) is 35.9 Å². The van der Waals surface area contributed by atoms with Gasteiger partial charge in [0.05, 0.1) is 6.61 Å². The predicted octanol–water partition coefficient (Wildman–Crippen LogP) is 1.33. The van der Waals surface area contributed by atoms with Gasteiger partial charge in [-0.2, -0.15) is 0 Å². The summed E-state index contributed by atoms with van der Waals surface area (Å²) >= 11 is 0. The van der Waals surface area contributed by atoms with E-state index in [1.54, 1.807) is 12.1 Å². The number of rotatable bonds is 3. The fourth-order valence-corrected chi connectivity index (χ4v) is 3.11. The highest BCUT2D eigenvalue weighted by Gasteiger charge is 2.49. The molecule has 4 rings (SSSR count). The Morgan fingerprint density at radius 3 is 2.35 bits per heavy atom. The summed E-state index contributed by atoms with van der Waals surface area (Å²) in [6.45, 7) is 0.198. The van der Waals surface area contributed by atoms with E-state index in [0.29, 0.717) is 5.75 Å². The van der Waals surface area contributed by atoms with Crippen molar-refractivity contribution >= 4 is 0 Å². The van der Waals surface area contributed by atoms with Crippen LogP contribution in [0.4, 0.5) is 0 Å². The Balaban J connectivity index is 1.45. The van der Waals surface area contributed by atoms with Crippen LogP contribution in [0.5, 0.6) is 11.5 Å². The van der Waals surface area contributed by atoms with Crippen LogP contribution in [-0.4, -0.2) is 52.6 Å². The van der Waals surface area contributed by atoms with Crippen molar-refractivity contribution in [3.8, 4) is 11.5 Å². The summed E-state index contributed by atoms with van der Waals surface area (Å²) in [5.74, 6) is 0.501. The van der Waals surface area contributed by atoms with Gasteiger partial charge in [-0.15, -0.1) is 0 Å². The van der Waals surface area contributed by atoms with Crippen LogP contribution in [0.1, 0.15) is 11.9 Å². The molecule has 0 aromatic heterocycles. The lowest BCUT2D eigenvalue weighted by Gasteiger charge is -2.46. The summed E-state index contributed by atoms with van der Waals surface area (Å²) < 4.78 is 22.9. The first kappa shape index (κ1) is 17.3. The molecule has 2 aromatic rings. The van der Waals surface area contributed by atoms with Crippen molar-refractivity contribution in [1.82, 2.24) is 0 Å². The van der Waals surface area contributed by atoms with Crippen LogP contribution in [-0.2, 0) is 14.2 Å². The molecule has 2 heterocycles. The van der Waals surface area contributed by atoms with E-state index in [9.17, 15) is 15.3 Å². The Hall–Kier alpha value is -2.16. The number of phenolic OH excluding ortho intramolecular Hbond substituents is 1. The van der Waals surface area contributed by atoms with Crippen molar-refractivity contribution in [3.63, 3.8) is 0 Å². The molecule has 0 spiro atoms. The molecule has 1 unspecified atom stereocenters. The van der Waals surface area contributed by atoms with Gasteiger partial charge >= 0.3 is 0 Å². The molecule has 6 atom stereocenters. The van der Waals surface area contributed by atoms with E-state index in [-0.39, 0.29) is 12.4 Å². The molecule has 0 bridgehead atoms. The molecule has 2 aliphatic rings. The number of benzene rings is 2. The van der Waals surface area contributed by atoms with Gasteiger partial charge in [0, 0.05) is 5.56 Å². The van der Waals surface area contributed by atoms with Crippen molar-refractivity contribution in [1.29, 1.82) is 0 Å². The summed E-state index contributed by atoms with van der Waals surface area (Å²) in [6.07, 6.45) is -5.49. The number of hydrogen-bond acceptors (Lipinski definition) is 7. The molecule has 3 N–H and O–H groups in total. The number of phenols is 1. The number of aromatic hydroxyl groups is 1. The van der Waals surface area contributed by atoms with Crippen LogP contribution in [0.2, 0.25) is 0 Å². The maximum atomic E-state index is 10.5. The predicted molar refractivity (Wildman–Crippen MR) is 89.4 cm³/mol. The SMILES string of the molecule is Oc1ccc(O[C@@H]2O[C@@H]3COC(c4ccccc4)O[C@H]3[C@H](O)[C@H]2O)cc1. The Morgan fingerprint density at radius 1 is 0.885 bits per heavy atom. The van der Waals surface area contributed by atoms with Gasteiger partial charge < -0.3 is 34.3 Å². The lowest BCUT2D eigenvalue weighted by atomic mass is 9.98. The van der Waals surface area contributed by atoms with Crippen molar-refractivity contribution in [2.75, 3.05) is 6.61 Å². The number of ether oxygens (including phenoxy) is 4. The van der Waals surface area contributed by atoms with Gasteiger partial charge in [-0.1, -0.05) is 30.3 Å². The summed E-state index contributed by atoms with van der Waals surface area (Å²) in [4.78, 5) is 0. The average Bonchev–Trinajstić information content (AvgIpc) is 2.68. The van der Waals surface area contributed by atoms with E-state index in [2.05, 4.69) is 0 Å². The molecule has 7 nitrogen and oxygen atoms in total. The van der Waals surface area contributed by atoms with Gasteiger partial charge in [0.15, 0.2) is 6.29 Å². The van der Waals surface area contributed by atoms with E-state index < -0.39 is 37.0 Å². The van der Waals surface area contributed by atoms with E-state index in [1.165, 1.54) is 12.1 Å². The molecule has 0 radical (unpaired) electrons. The Labute approximate surface area is 150 Å². The zero-order valence-corrected chi connectivity index (χ0v) is 13.8. The van der Waals surface area contributed by atoms with Crippen LogP contribution < -0.4 is 4.74 Å². The lowest BCUT2D eigenvalue weighted by molar-refractivity contribution is -0.350. The van der Waals surface area contributed by atoms with Crippen molar-refractivity contribution in [3.05, 3.63) is 60.2 Å². The van der Waals surface area contributed by atoms with E-state index >= 15 is 0 Å². The largest absolute Gasteiger partial charge is 0.508 e. The molecule has 138 valence electrons. The topological polar surface area (TPSA) is 97.6 Å². The zero-order chi connectivity index (χ0) is 18.1. The second kappa shape index (κ2) is 7.22. The molecule has 2 aliphatic heterocycles. The normalized spacial score (nSPS) is 34.1. The van der Waals surface area contributed by atoms with E-state index in [1.807, 2.05) is 30.3 Å². The molecular weight excluding hydrogens is 340 g/mol. The molecule has 26 heavy (non-hydrogen) atoms. The second-order valence-electron chi connectivity index (χ2n) is 6.31. The number of aliphatic hydroxyl groups is 2. The summed E-state index contributed by atoms with van der Waals surface area (Å²) in [6, 6.07) is 15.4. The Bertz CT molecular complexity index is 718. The number of fused-ring (bicyclic) bond motifs is 1. The third-order valence-corrected chi connectivity index (χ3v) is 4.49. The van der Waals surface area contributed by atoms with Gasteiger partial charge in [-0.05, 0) is 24.3 Å². The van der Waals surface area contributed by atoms with Crippen LogP contribution in [0, 0.1) is 0 Å². The minimum atomic E-state index is -1.29. The van der Waals surface area contributed by atoms with Gasteiger partial charge in [-0.3, -0.25) is 0 Å². The van der Waals surface area contributed by atoms with Crippen molar-refractivity contribution in [2.45, 2.75) is 37.0 Å². The molecule has 7 heteroatoms. The summed E-state index contributed by atoms with van der Waals surface area (Å²) in [5, 5.41) is 30.2. The minimum absolute atomic E-state index is 0.101. The molecule has 2 saturated heterocycles. The quantitative estimate of drug-likeness (QED) is 0.760. The van der Waals surface area contributed by atoms with E-state index in [0.717, 1.165) is 5.56 Å². The van der Waals surface area contributed by atoms with Crippen molar-refractivity contribution in [2.24, 2.45) is 0 Å². The fraction of sp³-hybridized carbons (Fsp3) is 0.368. The minimum Gasteiger partial charge on any atom is -0.508 e. The monoisotopic (exact) mass is 360 g/mol. The molecule has 0 aliphatic carbocycles. The summed E-state index contributed by atoms with van der Waals surface area (Å²) in [5.41, 5.74) is 0.829. The highest BCUT2D eigenvalue weighted by atomic mass is 16.8.